The van der Waals surface area contributed by atoms with E-state index in [1.807, 2.05) is 40.7 Å². The van der Waals surface area contributed by atoms with Crippen molar-refractivity contribution in [1.29, 1.82) is 0 Å². The highest BCUT2D eigenvalue weighted by Gasteiger charge is 2.24. The van der Waals surface area contributed by atoms with Crippen LogP contribution in [0.5, 0.6) is 0 Å². The summed E-state index contributed by atoms with van der Waals surface area (Å²) in [7, 11) is 0. The molecule has 2 aromatic heterocycles. The molecule has 0 unspecified atom stereocenters. The van der Waals surface area contributed by atoms with Crippen molar-refractivity contribution in [3.63, 3.8) is 0 Å². The first-order valence-electron chi connectivity index (χ1n) is 7.69. The second kappa shape index (κ2) is 6.13. The topological polar surface area (TPSA) is 59.8 Å². The normalized spacial score (nSPS) is 12.9. The van der Waals surface area contributed by atoms with Crippen LogP contribution in [0.4, 0.5) is 5.82 Å². The van der Waals surface area contributed by atoms with Crippen LogP contribution in [0, 0.1) is 6.92 Å². The number of aryl methyl sites for hydroxylation is 1. The van der Waals surface area contributed by atoms with E-state index >= 15 is 0 Å². The maximum Gasteiger partial charge on any atom is 0.256 e. The molecule has 1 N–H and O–H groups in total. The number of rotatable bonds is 3. The molecular formula is C18H16N4OS. The fraction of sp³-hybridized carbons (Fsp3) is 0.167. The van der Waals surface area contributed by atoms with Crippen LogP contribution < -0.4 is 5.32 Å². The van der Waals surface area contributed by atoms with Crippen LogP contribution in [0.2, 0.25) is 0 Å². The summed E-state index contributed by atoms with van der Waals surface area (Å²) in [5.41, 5.74) is 4.89. The molecule has 0 saturated carbocycles. The largest absolute Gasteiger partial charge is 0.306 e. The summed E-state index contributed by atoms with van der Waals surface area (Å²) in [5.74, 6) is 2.37. The van der Waals surface area contributed by atoms with E-state index in [0.29, 0.717) is 5.56 Å². The van der Waals surface area contributed by atoms with Crippen LogP contribution in [0.1, 0.15) is 27.2 Å². The van der Waals surface area contributed by atoms with Gasteiger partial charge in [-0.1, -0.05) is 17.7 Å². The molecule has 6 heteroatoms. The van der Waals surface area contributed by atoms with E-state index in [9.17, 15) is 4.79 Å². The molecule has 5 nitrogen and oxygen atoms in total. The summed E-state index contributed by atoms with van der Waals surface area (Å²) in [6.07, 6.45) is 3.24. The third-order valence-corrected chi connectivity index (χ3v) is 4.98. The van der Waals surface area contributed by atoms with Gasteiger partial charge in [0.1, 0.15) is 5.82 Å². The zero-order chi connectivity index (χ0) is 16.5. The van der Waals surface area contributed by atoms with E-state index in [-0.39, 0.29) is 5.91 Å². The van der Waals surface area contributed by atoms with E-state index in [1.165, 1.54) is 5.56 Å². The van der Waals surface area contributed by atoms with E-state index in [4.69, 9.17) is 5.10 Å². The van der Waals surface area contributed by atoms with Crippen molar-refractivity contribution in [3.8, 4) is 5.69 Å². The van der Waals surface area contributed by atoms with Crippen molar-refractivity contribution < 1.29 is 4.79 Å². The van der Waals surface area contributed by atoms with Gasteiger partial charge in [0.05, 0.1) is 11.4 Å². The van der Waals surface area contributed by atoms with Gasteiger partial charge in [0.15, 0.2) is 0 Å². The van der Waals surface area contributed by atoms with Crippen molar-refractivity contribution in [2.45, 2.75) is 18.4 Å². The van der Waals surface area contributed by atoms with Gasteiger partial charge in [0.25, 0.3) is 5.91 Å². The van der Waals surface area contributed by atoms with Crippen LogP contribution >= 0.6 is 11.8 Å². The summed E-state index contributed by atoms with van der Waals surface area (Å²) >= 11 is 1.82. The second-order valence-electron chi connectivity index (χ2n) is 5.70. The number of nitrogens with zero attached hydrogens (tertiary/aromatic N) is 3. The molecule has 1 aliphatic heterocycles. The molecule has 3 aromatic rings. The molecular weight excluding hydrogens is 320 g/mol. The standard InChI is InChI=1S/C18H16N4OS/c1-12-2-4-14(5-3-12)22-17(15-10-24-11-16(15)21-22)20-18(23)13-6-8-19-9-7-13/h2-9H,10-11H2,1H3,(H,20,23). The van der Waals surface area contributed by atoms with Crippen LogP contribution in [-0.4, -0.2) is 20.7 Å². The lowest BCUT2D eigenvalue weighted by Gasteiger charge is -2.11. The molecule has 0 aliphatic carbocycles. The van der Waals surface area contributed by atoms with Crippen molar-refractivity contribution in [1.82, 2.24) is 14.8 Å². The number of carbonyl (C=O) groups excluding carboxylic acids is 1. The molecule has 120 valence electrons. The molecule has 0 atom stereocenters. The van der Waals surface area contributed by atoms with Gasteiger partial charge in [0.2, 0.25) is 0 Å². The van der Waals surface area contributed by atoms with E-state index in [2.05, 4.69) is 17.2 Å². The lowest BCUT2D eigenvalue weighted by Crippen LogP contribution is -2.16. The summed E-state index contributed by atoms with van der Waals surface area (Å²) < 4.78 is 1.84. The minimum atomic E-state index is -0.148. The maximum atomic E-state index is 12.6. The number of fused-ring (bicyclic) bond motifs is 1. The number of amides is 1. The minimum Gasteiger partial charge on any atom is -0.306 e. The molecule has 3 heterocycles. The highest BCUT2D eigenvalue weighted by molar-refractivity contribution is 7.98. The van der Waals surface area contributed by atoms with Gasteiger partial charge < -0.3 is 5.32 Å². The molecule has 0 saturated heterocycles. The summed E-state index contributed by atoms with van der Waals surface area (Å²) in [6.45, 7) is 2.05. The fourth-order valence-corrected chi connectivity index (χ4v) is 3.73. The quantitative estimate of drug-likeness (QED) is 0.794. The summed E-state index contributed by atoms with van der Waals surface area (Å²) in [6, 6.07) is 11.5. The van der Waals surface area contributed by atoms with Gasteiger partial charge >= 0.3 is 0 Å². The number of anilines is 1. The smallest absolute Gasteiger partial charge is 0.256 e. The summed E-state index contributed by atoms with van der Waals surface area (Å²) in [5, 5.41) is 7.75. The number of nitrogens with one attached hydrogen (secondary N) is 1. The lowest BCUT2D eigenvalue weighted by atomic mass is 10.2. The fourth-order valence-electron chi connectivity index (χ4n) is 2.70. The van der Waals surface area contributed by atoms with Crippen LogP contribution in [0.15, 0.2) is 48.8 Å². The highest BCUT2D eigenvalue weighted by atomic mass is 32.2. The van der Waals surface area contributed by atoms with Gasteiger partial charge in [0, 0.05) is 35.0 Å². The predicted molar refractivity (Wildman–Crippen MR) is 95.5 cm³/mol. The van der Waals surface area contributed by atoms with Gasteiger partial charge in [-0.3, -0.25) is 9.78 Å². The Hall–Kier alpha value is -2.60. The molecule has 0 fully saturated rings. The van der Waals surface area contributed by atoms with E-state index < -0.39 is 0 Å². The molecule has 1 amide bonds. The number of benzene rings is 1. The minimum absolute atomic E-state index is 0.148. The number of hydrogen-bond acceptors (Lipinski definition) is 4. The number of aromatic nitrogens is 3. The molecule has 0 spiro atoms. The van der Waals surface area contributed by atoms with E-state index in [1.54, 1.807) is 24.5 Å². The zero-order valence-electron chi connectivity index (χ0n) is 13.2. The van der Waals surface area contributed by atoms with Crippen molar-refractivity contribution in [3.05, 3.63) is 71.2 Å². The Morgan fingerprint density at radius 1 is 1.12 bits per heavy atom. The van der Waals surface area contributed by atoms with Crippen LogP contribution in [-0.2, 0) is 11.5 Å². The first-order valence-corrected chi connectivity index (χ1v) is 8.85. The first kappa shape index (κ1) is 15.0. The average molecular weight is 336 g/mol. The van der Waals surface area contributed by atoms with Gasteiger partial charge in [-0.2, -0.15) is 16.9 Å². The number of thioether (sulfide) groups is 1. The average Bonchev–Trinajstić information content (AvgIpc) is 3.19. The maximum absolute atomic E-state index is 12.6. The lowest BCUT2D eigenvalue weighted by molar-refractivity contribution is 0.102. The van der Waals surface area contributed by atoms with Crippen molar-refractivity contribution in [2.75, 3.05) is 5.32 Å². The molecule has 0 radical (unpaired) electrons. The molecule has 24 heavy (non-hydrogen) atoms. The number of pyridine rings is 1. The predicted octanol–water partition coefficient (Wildman–Crippen LogP) is 3.57. The highest BCUT2D eigenvalue weighted by Crippen LogP contribution is 2.36. The van der Waals surface area contributed by atoms with Crippen LogP contribution in [0.25, 0.3) is 5.69 Å². The third kappa shape index (κ3) is 2.69. The monoisotopic (exact) mass is 336 g/mol. The number of hydrogen-bond donors (Lipinski definition) is 1. The Balaban J connectivity index is 1.74. The second-order valence-corrected chi connectivity index (χ2v) is 6.69. The van der Waals surface area contributed by atoms with Crippen molar-refractivity contribution in [2.24, 2.45) is 0 Å². The van der Waals surface area contributed by atoms with Gasteiger partial charge in [-0.25, -0.2) is 4.68 Å². The first-order chi connectivity index (χ1) is 11.7. The Morgan fingerprint density at radius 2 is 1.88 bits per heavy atom. The van der Waals surface area contributed by atoms with Gasteiger partial charge in [-0.15, -0.1) is 0 Å². The van der Waals surface area contributed by atoms with E-state index in [0.717, 1.165) is 34.3 Å². The Morgan fingerprint density at radius 3 is 2.62 bits per heavy atom. The summed E-state index contributed by atoms with van der Waals surface area (Å²) in [4.78, 5) is 16.5. The third-order valence-electron chi connectivity index (χ3n) is 4.00. The Labute approximate surface area is 144 Å². The SMILES string of the molecule is Cc1ccc(-n2nc3c(c2NC(=O)c2ccncc2)CSC3)cc1. The zero-order valence-corrected chi connectivity index (χ0v) is 14.0. The van der Waals surface area contributed by atoms with Crippen molar-refractivity contribution >= 4 is 23.5 Å². The molecule has 4 rings (SSSR count). The molecule has 0 bridgehead atoms. The molecule has 1 aliphatic rings. The Kier molecular flexibility index (Phi) is 3.82. The Bertz CT molecular complexity index is 887. The van der Waals surface area contributed by atoms with Crippen LogP contribution in [0.3, 0.4) is 0 Å². The van der Waals surface area contributed by atoms with Gasteiger partial charge in [-0.05, 0) is 31.2 Å². The molecule has 1 aromatic carbocycles. The number of carbonyl (C=O) groups is 1.